The normalized spacial score (nSPS) is 10.2. The molecule has 0 saturated carbocycles. The molecule has 0 heterocycles. The van der Waals surface area contributed by atoms with Crippen LogP contribution >= 0.6 is 11.6 Å². The first-order chi connectivity index (χ1) is 12.3. The number of hydrogen-bond acceptors (Lipinski definition) is 5. The van der Waals surface area contributed by atoms with E-state index in [4.69, 9.17) is 11.6 Å². The number of methoxy groups -OCH3 is 2. The highest BCUT2D eigenvalue weighted by atomic mass is 35.5. The van der Waals surface area contributed by atoms with Gasteiger partial charge in [-0.3, -0.25) is 4.79 Å². The minimum Gasteiger partial charge on any atom is -0.465 e. The van der Waals surface area contributed by atoms with Crippen molar-refractivity contribution >= 4 is 35.1 Å². The summed E-state index contributed by atoms with van der Waals surface area (Å²) in [6, 6.07) is 7.94. The Morgan fingerprint density at radius 2 is 1.73 bits per heavy atom. The van der Waals surface area contributed by atoms with Crippen molar-refractivity contribution < 1.29 is 28.2 Å². The first-order valence-corrected chi connectivity index (χ1v) is 7.78. The predicted octanol–water partition coefficient (Wildman–Crippen LogP) is 3.23. The average molecular weight is 380 g/mol. The zero-order valence-electron chi connectivity index (χ0n) is 14.0. The fraction of sp³-hybridized carbons (Fsp3) is 0.167. The van der Waals surface area contributed by atoms with Crippen LogP contribution in [0.1, 0.15) is 26.3 Å². The van der Waals surface area contributed by atoms with Crippen LogP contribution in [0.25, 0.3) is 0 Å². The van der Waals surface area contributed by atoms with Gasteiger partial charge in [0.2, 0.25) is 5.91 Å². The second-order valence-electron chi connectivity index (χ2n) is 5.20. The number of esters is 2. The molecule has 0 fully saturated rings. The van der Waals surface area contributed by atoms with Crippen LogP contribution in [-0.2, 0) is 20.7 Å². The molecule has 1 N–H and O–H groups in total. The summed E-state index contributed by atoms with van der Waals surface area (Å²) in [5.74, 6) is -2.54. The molecular weight excluding hydrogens is 365 g/mol. The van der Waals surface area contributed by atoms with E-state index < -0.39 is 23.7 Å². The Bertz CT molecular complexity index is 869. The Morgan fingerprint density at radius 1 is 1.04 bits per heavy atom. The number of carbonyl (C=O) groups excluding carboxylic acids is 3. The number of carbonyl (C=O) groups is 3. The topological polar surface area (TPSA) is 81.7 Å². The van der Waals surface area contributed by atoms with Crippen LogP contribution in [0.3, 0.4) is 0 Å². The van der Waals surface area contributed by atoms with Crippen molar-refractivity contribution in [1.29, 1.82) is 0 Å². The standard InChI is InChI=1S/C18H15ClFNO5/c1-25-17(23)11-4-6-13(18(24)26-2)15(7-11)21-16(22)8-10-3-5-12(19)9-14(10)20/h3-7,9H,8H2,1-2H3,(H,21,22). The first kappa shape index (κ1) is 19.4. The van der Waals surface area contributed by atoms with Crippen molar-refractivity contribution in [2.45, 2.75) is 6.42 Å². The molecule has 0 aromatic heterocycles. The van der Waals surface area contributed by atoms with Gasteiger partial charge in [-0.2, -0.15) is 0 Å². The molecular formula is C18H15ClFNO5. The third-order valence-corrected chi connectivity index (χ3v) is 3.72. The van der Waals surface area contributed by atoms with Crippen LogP contribution < -0.4 is 5.32 Å². The molecule has 136 valence electrons. The Labute approximate surface area is 153 Å². The highest BCUT2D eigenvalue weighted by Gasteiger charge is 2.18. The third-order valence-electron chi connectivity index (χ3n) is 3.49. The summed E-state index contributed by atoms with van der Waals surface area (Å²) < 4.78 is 23.1. The molecule has 2 aromatic rings. The largest absolute Gasteiger partial charge is 0.465 e. The number of amides is 1. The van der Waals surface area contributed by atoms with Crippen molar-refractivity contribution in [2.24, 2.45) is 0 Å². The number of halogens is 2. The van der Waals surface area contributed by atoms with E-state index in [-0.39, 0.29) is 33.8 Å². The molecule has 0 saturated heterocycles. The van der Waals surface area contributed by atoms with Crippen LogP contribution in [0.5, 0.6) is 0 Å². The van der Waals surface area contributed by atoms with E-state index in [1.807, 2.05) is 0 Å². The molecule has 26 heavy (non-hydrogen) atoms. The summed E-state index contributed by atoms with van der Waals surface area (Å²) in [6.45, 7) is 0. The van der Waals surface area contributed by atoms with Gasteiger partial charge in [0.15, 0.2) is 0 Å². The van der Waals surface area contributed by atoms with Gasteiger partial charge in [0.05, 0.1) is 37.5 Å². The maximum atomic E-state index is 13.8. The number of anilines is 1. The zero-order chi connectivity index (χ0) is 19.3. The zero-order valence-corrected chi connectivity index (χ0v) is 14.7. The van der Waals surface area contributed by atoms with Gasteiger partial charge in [0, 0.05) is 5.02 Å². The molecule has 0 aliphatic heterocycles. The van der Waals surface area contributed by atoms with Gasteiger partial charge < -0.3 is 14.8 Å². The summed E-state index contributed by atoms with van der Waals surface area (Å²) in [5, 5.41) is 2.70. The molecule has 1 amide bonds. The summed E-state index contributed by atoms with van der Waals surface area (Å²) in [4.78, 5) is 35.8. The number of ether oxygens (including phenoxy) is 2. The smallest absolute Gasteiger partial charge is 0.339 e. The number of rotatable bonds is 5. The average Bonchev–Trinajstić information content (AvgIpc) is 2.62. The number of benzene rings is 2. The number of hydrogen-bond donors (Lipinski definition) is 1. The second kappa shape index (κ2) is 8.44. The predicted molar refractivity (Wildman–Crippen MR) is 92.9 cm³/mol. The lowest BCUT2D eigenvalue weighted by atomic mass is 10.1. The van der Waals surface area contributed by atoms with Gasteiger partial charge in [0.25, 0.3) is 0 Å². The van der Waals surface area contributed by atoms with Crippen LogP contribution in [0.4, 0.5) is 10.1 Å². The fourth-order valence-electron chi connectivity index (χ4n) is 2.21. The summed E-state index contributed by atoms with van der Waals surface area (Å²) in [6.07, 6.45) is -0.286. The lowest BCUT2D eigenvalue weighted by molar-refractivity contribution is -0.115. The molecule has 0 aliphatic carbocycles. The Kier molecular flexibility index (Phi) is 6.30. The van der Waals surface area contributed by atoms with Crippen molar-refractivity contribution in [3.8, 4) is 0 Å². The molecule has 0 radical (unpaired) electrons. The molecule has 0 aliphatic rings. The van der Waals surface area contributed by atoms with Crippen molar-refractivity contribution in [2.75, 3.05) is 19.5 Å². The summed E-state index contributed by atoms with van der Waals surface area (Å²) in [7, 11) is 2.39. The first-order valence-electron chi connectivity index (χ1n) is 7.40. The molecule has 0 atom stereocenters. The minimum atomic E-state index is -0.700. The van der Waals surface area contributed by atoms with Crippen molar-refractivity contribution in [1.82, 2.24) is 0 Å². The molecule has 8 heteroatoms. The van der Waals surface area contributed by atoms with E-state index in [1.54, 1.807) is 0 Å². The Morgan fingerprint density at radius 3 is 2.35 bits per heavy atom. The van der Waals surface area contributed by atoms with Crippen LogP contribution in [0, 0.1) is 5.82 Å². The Hall–Kier alpha value is -2.93. The molecule has 0 unspecified atom stereocenters. The summed E-state index contributed by atoms with van der Waals surface area (Å²) >= 11 is 5.68. The highest BCUT2D eigenvalue weighted by Crippen LogP contribution is 2.21. The van der Waals surface area contributed by atoms with E-state index in [1.165, 1.54) is 44.6 Å². The fourth-order valence-corrected chi connectivity index (χ4v) is 2.37. The Balaban J connectivity index is 2.28. The van der Waals surface area contributed by atoms with Crippen LogP contribution in [0.15, 0.2) is 36.4 Å². The third kappa shape index (κ3) is 4.58. The summed E-state index contributed by atoms with van der Waals surface area (Å²) in [5.41, 5.74) is 0.368. The van der Waals surface area contributed by atoms with Gasteiger partial charge in [-0.15, -0.1) is 0 Å². The number of nitrogens with one attached hydrogen (secondary N) is 1. The van der Waals surface area contributed by atoms with E-state index >= 15 is 0 Å². The van der Waals surface area contributed by atoms with E-state index in [0.717, 1.165) is 6.07 Å². The molecule has 0 spiro atoms. The van der Waals surface area contributed by atoms with Crippen molar-refractivity contribution in [3.63, 3.8) is 0 Å². The quantitative estimate of drug-likeness (QED) is 0.806. The highest BCUT2D eigenvalue weighted by molar-refractivity contribution is 6.30. The van der Waals surface area contributed by atoms with E-state index in [2.05, 4.69) is 14.8 Å². The molecule has 2 aromatic carbocycles. The van der Waals surface area contributed by atoms with Crippen LogP contribution in [-0.4, -0.2) is 32.1 Å². The lowest BCUT2D eigenvalue weighted by Crippen LogP contribution is -2.18. The monoisotopic (exact) mass is 379 g/mol. The van der Waals surface area contributed by atoms with Gasteiger partial charge in [-0.25, -0.2) is 14.0 Å². The second-order valence-corrected chi connectivity index (χ2v) is 5.64. The molecule has 2 rings (SSSR count). The SMILES string of the molecule is COC(=O)c1ccc(C(=O)OC)c(NC(=O)Cc2ccc(Cl)cc2F)c1. The van der Waals surface area contributed by atoms with Crippen LogP contribution in [0.2, 0.25) is 5.02 Å². The maximum absolute atomic E-state index is 13.8. The van der Waals surface area contributed by atoms with Gasteiger partial charge in [-0.05, 0) is 35.9 Å². The maximum Gasteiger partial charge on any atom is 0.339 e. The minimum absolute atomic E-state index is 0.0464. The van der Waals surface area contributed by atoms with Gasteiger partial charge in [0.1, 0.15) is 5.82 Å². The molecule has 0 bridgehead atoms. The van der Waals surface area contributed by atoms with E-state index in [9.17, 15) is 18.8 Å². The lowest BCUT2D eigenvalue weighted by Gasteiger charge is -2.12. The van der Waals surface area contributed by atoms with Crippen molar-refractivity contribution in [3.05, 3.63) is 63.9 Å². The molecule has 6 nitrogen and oxygen atoms in total. The van der Waals surface area contributed by atoms with Gasteiger partial charge >= 0.3 is 11.9 Å². The van der Waals surface area contributed by atoms with Gasteiger partial charge in [-0.1, -0.05) is 17.7 Å². The van der Waals surface area contributed by atoms with E-state index in [0.29, 0.717) is 0 Å².